The highest BCUT2D eigenvalue weighted by Gasteiger charge is 2.24. The normalized spacial score (nSPS) is 11.9. The van der Waals surface area contributed by atoms with E-state index in [4.69, 9.17) is 0 Å². The molecule has 0 heterocycles. The van der Waals surface area contributed by atoms with E-state index < -0.39 is 5.60 Å². The van der Waals surface area contributed by atoms with E-state index in [0.717, 1.165) is 19.3 Å². The molecule has 0 spiro atoms. The molecule has 0 fully saturated rings. The summed E-state index contributed by atoms with van der Waals surface area (Å²) in [6.07, 6.45) is 2.41. The molecule has 1 heteroatoms. The monoisotopic (exact) mass is 220 g/mol. The second kappa shape index (κ2) is 5.01. The van der Waals surface area contributed by atoms with Gasteiger partial charge in [-0.25, -0.2) is 0 Å². The predicted molar refractivity (Wildman–Crippen MR) is 69.9 cm³/mol. The van der Waals surface area contributed by atoms with E-state index in [-0.39, 0.29) is 0 Å². The van der Waals surface area contributed by atoms with Gasteiger partial charge in [0.25, 0.3) is 0 Å². The number of hydrogen-bond donors (Lipinski definition) is 1. The van der Waals surface area contributed by atoms with E-state index in [9.17, 15) is 5.11 Å². The van der Waals surface area contributed by atoms with E-state index in [2.05, 4.69) is 46.8 Å². The molecule has 90 valence electrons. The third-order valence-corrected chi connectivity index (χ3v) is 3.66. The Morgan fingerprint density at radius 1 is 1.00 bits per heavy atom. The molecule has 0 amide bonds. The van der Waals surface area contributed by atoms with Crippen molar-refractivity contribution in [1.29, 1.82) is 0 Å². The van der Waals surface area contributed by atoms with Gasteiger partial charge in [0.2, 0.25) is 0 Å². The van der Waals surface area contributed by atoms with Crippen LogP contribution in [0, 0.1) is 20.8 Å². The minimum atomic E-state index is -0.537. The highest BCUT2D eigenvalue weighted by molar-refractivity contribution is 5.38. The first-order valence-electron chi connectivity index (χ1n) is 6.21. The molecular weight excluding hydrogens is 196 g/mol. The molecule has 0 saturated carbocycles. The minimum absolute atomic E-state index is 0.537. The van der Waals surface area contributed by atoms with E-state index >= 15 is 0 Å². The Bertz CT molecular complexity index is 339. The maximum Gasteiger partial charge on any atom is 0.0682 e. The number of benzene rings is 1. The van der Waals surface area contributed by atoms with Crippen molar-refractivity contribution in [1.82, 2.24) is 0 Å². The summed E-state index contributed by atoms with van der Waals surface area (Å²) in [4.78, 5) is 0. The fourth-order valence-corrected chi connectivity index (χ4v) is 2.32. The minimum Gasteiger partial charge on any atom is -0.390 e. The van der Waals surface area contributed by atoms with Crippen LogP contribution in [0.15, 0.2) is 12.1 Å². The number of aliphatic hydroxyl groups is 1. The molecule has 1 nitrogen and oxygen atoms in total. The Kier molecular flexibility index (Phi) is 4.15. The van der Waals surface area contributed by atoms with Gasteiger partial charge in [0.05, 0.1) is 5.60 Å². The van der Waals surface area contributed by atoms with Crippen LogP contribution in [-0.4, -0.2) is 10.7 Å². The molecule has 16 heavy (non-hydrogen) atoms. The van der Waals surface area contributed by atoms with Crippen LogP contribution in [0.4, 0.5) is 0 Å². The molecule has 0 aromatic heterocycles. The fraction of sp³-hybridized carbons (Fsp3) is 0.600. The Morgan fingerprint density at radius 2 is 1.44 bits per heavy atom. The van der Waals surface area contributed by atoms with Crippen LogP contribution in [0.2, 0.25) is 0 Å². The second-order valence-electron chi connectivity index (χ2n) is 4.99. The maximum absolute atomic E-state index is 10.4. The third-order valence-electron chi connectivity index (χ3n) is 3.66. The van der Waals surface area contributed by atoms with Crippen molar-refractivity contribution in [2.45, 2.75) is 59.5 Å². The summed E-state index contributed by atoms with van der Waals surface area (Å²) in [5, 5.41) is 10.4. The zero-order valence-electron chi connectivity index (χ0n) is 11.2. The van der Waals surface area contributed by atoms with Crippen molar-refractivity contribution in [3.05, 3.63) is 34.4 Å². The molecule has 1 aromatic carbocycles. The van der Waals surface area contributed by atoms with Crippen molar-refractivity contribution >= 4 is 0 Å². The van der Waals surface area contributed by atoms with Crippen molar-refractivity contribution < 1.29 is 5.11 Å². The van der Waals surface area contributed by atoms with Crippen LogP contribution in [0.1, 0.15) is 48.9 Å². The van der Waals surface area contributed by atoms with E-state index in [1.807, 2.05) is 0 Å². The van der Waals surface area contributed by atoms with Crippen molar-refractivity contribution in [3.8, 4) is 0 Å². The van der Waals surface area contributed by atoms with E-state index in [1.165, 1.54) is 22.3 Å². The van der Waals surface area contributed by atoms with Gasteiger partial charge >= 0.3 is 0 Å². The molecule has 0 radical (unpaired) electrons. The number of rotatable bonds is 4. The van der Waals surface area contributed by atoms with Crippen LogP contribution >= 0.6 is 0 Å². The van der Waals surface area contributed by atoms with Gasteiger partial charge in [-0.15, -0.1) is 0 Å². The second-order valence-corrected chi connectivity index (χ2v) is 4.99. The van der Waals surface area contributed by atoms with Gasteiger partial charge in [-0.3, -0.25) is 0 Å². The highest BCUT2D eigenvalue weighted by atomic mass is 16.3. The zero-order chi connectivity index (χ0) is 12.3. The van der Waals surface area contributed by atoms with Crippen LogP contribution in [0.25, 0.3) is 0 Å². The molecule has 0 unspecified atom stereocenters. The molecular formula is C15H24O. The first kappa shape index (κ1) is 13.2. The molecule has 1 rings (SSSR count). The molecule has 0 bridgehead atoms. The highest BCUT2D eigenvalue weighted by Crippen LogP contribution is 2.25. The molecule has 0 aliphatic rings. The quantitative estimate of drug-likeness (QED) is 0.820. The lowest BCUT2D eigenvalue weighted by Gasteiger charge is -2.27. The van der Waals surface area contributed by atoms with Crippen molar-refractivity contribution in [3.63, 3.8) is 0 Å². The fourth-order valence-electron chi connectivity index (χ4n) is 2.32. The Labute approximate surface area is 99.5 Å². The number of aryl methyl sites for hydroxylation is 3. The summed E-state index contributed by atoms with van der Waals surface area (Å²) < 4.78 is 0. The standard InChI is InChI=1S/C15H24O/c1-6-15(16,7-2)10-14-12(4)8-11(3)9-13(14)5/h8-9,16H,6-7,10H2,1-5H3. The van der Waals surface area contributed by atoms with Gasteiger partial charge < -0.3 is 5.11 Å². The summed E-state index contributed by atoms with van der Waals surface area (Å²) in [5.74, 6) is 0. The molecule has 0 atom stereocenters. The van der Waals surface area contributed by atoms with Crippen molar-refractivity contribution in [2.24, 2.45) is 0 Å². The molecule has 0 aliphatic heterocycles. The summed E-state index contributed by atoms with van der Waals surface area (Å²) >= 11 is 0. The molecule has 0 aliphatic carbocycles. The largest absolute Gasteiger partial charge is 0.390 e. The lowest BCUT2D eigenvalue weighted by atomic mass is 9.85. The Hall–Kier alpha value is -0.820. The summed E-state index contributed by atoms with van der Waals surface area (Å²) in [5.41, 5.74) is 4.69. The SMILES string of the molecule is CCC(O)(CC)Cc1c(C)cc(C)cc1C. The van der Waals surface area contributed by atoms with Crippen LogP contribution < -0.4 is 0 Å². The van der Waals surface area contributed by atoms with Gasteiger partial charge in [-0.05, 0) is 50.3 Å². The number of hydrogen-bond acceptors (Lipinski definition) is 1. The Balaban J connectivity index is 3.06. The lowest BCUT2D eigenvalue weighted by Crippen LogP contribution is -2.30. The summed E-state index contributed by atoms with van der Waals surface area (Å²) in [7, 11) is 0. The van der Waals surface area contributed by atoms with Crippen molar-refractivity contribution in [2.75, 3.05) is 0 Å². The molecule has 1 N–H and O–H groups in total. The average Bonchev–Trinajstić information content (AvgIpc) is 2.23. The molecule has 1 aromatic rings. The van der Waals surface area contributed by atoms with Crippen LogP contribution in [-0.2, 0) is 6.42 Å². The molecule has 0 saturated heterocycles. The summed E-state index contributed by atoms with van der Waals surface area (Å²) in [6.45, 7) is 10.5. The summed E-state index contributed by atoms with van der Waals surface area (Å²) in [6, 6.07) is 4.40. The lowest BCUT2D eigenvalue weighted by molar-refractivity contribution is 0.0323. The maximum atomic E-state index is 10.4. The average molecular weight is 220 g/mol. The van der Waals surface area contributed by atoms with Gasteiger partial charge in [0.1, 0.15) is 0 Å². The smallest absolute Gasteiger partial charge is 0.0682 e. The van der Waals surface area contributed by atoms with Gasteiger partial charge in [-0.1, -0.05) is 31.5 Å². The van der Waals surface area contributed by atoms with Gasteiger partial charge in [-0.2, -0.15) is 0 Å². The predicted octanol–water partition coefficient (Wildman–Crippen LogP) is 3.71. The topological polar surface area (TPSA) is 20.2 Å². The third kappa shape index (κ3) is 2.85. The van der Waals surface area contributed by atoms with Crippen LogP contribution in [0.5, 0.6) is 0 Å². The van der Waals surface area contributed by atoms with Crippen LogP contribution in [0.3, 0.4) is 0 Å². The van der Waals surface area contributed by atoms with E-state index in [1.54, 1.807) is 0 Å². The van der Waals surface area contributed by atoms with Gasteiger partial charge in [0, 0.05) is 6.42 Å². The Morgan fingerprint density at radius 3 is 1.81 bits per heavy atom. The van der Waals surface area contributed by atoms with Gasteiger partial charge in [0.15, 0.2) is 0 Å². The first-order chi connectivity index (χ1) is 7.41. The zero-order valence-corrected chi connectivity index (χ0v) is 11.2. The van der Waals surface area contributed by atoms with E-state index in [0.29, 0.717) is 0 Å². The first-order valence-corrected chi connectivity index (χ1v) is 6.21.